The van der Waals surface area contributed by atoms with Crippen LogP contribution in [0.4, 0.5) is 5.69 Å². The van der Waals surface area contributed by atoms with Crippen LogP contribution >= 0.6 is 11.6 Å². The second kappa shape index (κ2) is 8.25. The molecule has 0 saturated heterocycles. The first-order valence-corrected chi connectivity index (χ1v) is 10.0. The highest BCUT2D eigenvalue weighted by Crippen LogP contribution is 2.25. The zero-order valence-electron chi connectivity index (χ0n) is 14.7. The molecule has 1 N–H and O–H groups in total. The third kappa shape index (κ3) is 4.88. The van der Waals surface area contributed by atoms with Gasteiger partial charge in [-0.15, -0.1) is 6.42 Å². The lowest BCUT2D eigenvalue weighted by molar-refractivity contribution is -0.119. The number of amides is 2. The predicted octanol–water partition coefficient (Wildman–Crippen LogP) is 2.12. The molecule has 0 atom stereocenters. The molecular formula is C19H17ClN2O4S. The first-order valence-electron chi connectivity index (χ1n) is 7.76. The minimum Gasteiger partial charge on any atom is -0.358 e. The number of anilines is 1. The van der Waals surface area contributed by atoms with Gasteiger partial charge in [0.05, 0.1) is 15.5 Å². The lowest BCUT2D eigenvalue weighted by Crippen LogP contribution is -2.40. The van der Waals surface area contributed by atoms with Crippen LogP contribution in [0.25, 0.3) is 0 Å². The third-order valence-electron chi connectivity index (χ3n) is 3.75. The molecule has 27 heavy (non-hydrogen) atoms. The molecule has 0 saturated carbocycles. The molecule has 140 valence electrons. The summed E-state index contributed by atoms with van der Waals surface area (Å²) in [4.78, 5) is 26.2. The number of carbonyl (C=O) groups excluding carboxylic acids is 2. The molecule has 0 aliphatic heterocycles. The summed E-state index contributed by atoms with van der Waals surface area (Å²) in [6.45, 7) is -0.289. The van der Waals surface area contributed by atoms with Crippen molar-refractivity contribution in [3.63, 3.8) is 0 Å². The van der Waals surface area contributed by atoms with Crippen LogP contribution in [0.5, 0.6) is 0 Å². The molecule has 6 nitrogen and oxygen atoms in total. The molecule has 0 radical (unpaired) electrons. The smallest absolute Gasteiger partial charge is 0.260 e. The lowest BCUT2D eigenvalue weighted by Gasteiger charge is -2.23. The number of hydrogen-bond acceptors (Lipinski definition) is 4. The fraction of sp³-hybridized carbons (Fsp3) is 0.158. The summed E-state index contributed by atoms with van der Waals surface area (Å²) in [5, 5.41) is 2.52. The summed E-state index contributed by atoms with van der Waals surface area (Å²) in [5.41, 5.74) is 0.882. The number of halogens is 1. The monoisotopic (exact) mass is 404 g/mol. The van der Waals surface area contributed by atoms with E-state index in [9.17, 15) is 18.0 Å². The number of nitrogens with zero attached hydrogens (tertiary/aromatic N) is 1. The zero-order valence-corrected chi connectivity index (χ0v) is 16.3. The molecule has 2 aromatic rings. The van der Waals surface area contributed by atoms with Crippen LogP contribution in [0.15, 0.2) is 47.4 Å². The van der Waals surface area contributed by atoms with E-state index in [-0.39, 0.29) is 22.0 Å². The van der Waals surface area contributed by atoms with Crippen LogP contribution in [0.3, 0.4) is 0 Å². The van der Waals surface area contributed by atoms with Crippen LogP contribution in [-0.4, -0.2) is 40.1 Å². The first kappa shape index (κ1) is 20.5. The molecule has 0 aliphatic carbocycles. The highest BCUT2D eigenvalue weighted by molar-refractivity contribution is 7.90. The van der Waals surface area contributed by atoms with Gasteiger partial charge in [0.15, 0.2) is 9.84 Å². The van der Waals surface area contributed by atoms with Crippen molar-refractivity contribution in [2.75, 3.05) is 24.7 Å². The normalized spacial score (nSPS) is 10.7. The third-order valence-corrected chi connectivity index (χ3v) is 5.19. The SMILES string of the molecule is C#Cc1cccc(N(CC(=O)NC)C(=O)c2cc(S(C)(=O)=O)ccc2Cl)c1. The quantitative estimate of drug-likeness (QED) is 0.774. The van der Waals surface area contributed by atoms with E-state index in [0.717, 1.165) is 6.26 Å². The summed E-state index contributed by atoms with van der Waals surface area (Å²) in [6.07, 6.45) is 6.44. The zero-order chi connectivity index (χ0) is 20.2. The van der Waals surface area contributed by atoms with Gasteiger partial charge in [0.1, 0.15) is 6.54 Å². The van der Waals surface area contributed by atoms with Gasteiger partial charge in [0.2, 0.25) is 5.91 Å². The molecule has 0 unspecified atom stereocenters. The molecule has 0 aromatic heterocycles. The van der Waals surface area contributed by atoms with Crippen molar-refractivity contribution < 1.29 is 18.0 Å². The van der Waals surface area contributed by atoms with Gasteiger partial charge in [-0.2, -0.15) is 0 Å². The van der Waals surface area contributed by atoms with E-state index in [4.69, 9.17) is 18.0 Å². The van der Waals surface area contributed by atoms with Crippen molar-refractivity contribution in [3.8, 4) is 12.3 Å². The van der Waals surface area contributed by atoms with Crippen LogP contribution in [0, 0.1) is 12.3 Å². The Morgan fingerprint density at radius 1 is 1.22 bits per heavy atom. The molecule has 8 heteroatoms. The Kier molecular flexibility index (Phi) is 6.26. The maximum Gasteiger partial charge on any atom is 0.260 e. The average molecular weight is 405 g/mol. The van der Waals surface area contributed by atoms with Crippen molar-refractivity contribution in [1.29, 1.82) is 0 Å². The fourth-order valence-corrected chi connectivity index (χ4v) is 3.16. The van der Waals surface area contributed by atoms with Gasteiger partial charge in [0, 0.05) is 24.6 Å². The number of rotatable bonds is 5. The van der Waals surface area contributed by atoms with E-state index in [1.807, 2.05) is 0 Å². The minimum atomic E-state index is -3.54. The average Bonchev–Trinajstić information content (AvgIpc) is 2.64. The molecule has 0 aliphatic rings. The van der Waals surface area contributed by atoms with Gasteiger partial charge in [-0.3, -0.25) is 14.5 Å². The van der Waals surface area contributed by atoms with Crippen molar-refractivity contribution >= 4 is 38.9 Å². The summed E-state index contributed by atoms with van der Waals surface area (Å²) < 4.78 is 23.6. The van der Waals surface area contributed by atoms with Crippen molar-refractivity contribution in [3.05, 3.63) is 58.6 Å². The van der Waals surface area contributed by atoms with Crippen molar-refractivity contribution in [1.82, 2.24) is 5.32 Å². The van der Waals surface area contributed by atoms with Crippen LogP contribution < -0.4 is 10.2 Å². The Hall–Kier alpha value is -2.82. The summed E-state index contributed by atoms with van der Waals surface area (Å²) in [5.74, 6) is 1.43. The van der Waals surface area contributed by atoms with Gasteiger partial charge in [-0.25, -0.2) is 8.42 Å². The number of likely N-dealkylation sites (N-methyl/N-ethyl adjacent to an activating group) is 1. The lowest BCUT2D eigenvalue weighted by atomic mass is 10.1. The number of nitrogens with one attached hydrogen (secondary N) is 1. The highest BCUT2D eigenvalue weighted by atomic mass is 35.5. The number of sulfone groups is 1. The number of terminal acetylenes is 1. The van der Waals surface area contributed by atoms with E-state index in [2.05, 4.69) is 11.2 Å². The second-order valence-corrected chi connectivity index (χ2v) is 8.10. The van der Waals surface area contributed by atoms with Crippen LogP contribution in [0.2, 0.25) is 5.02 Å². The molecule has 2 rings (SSSR count). The van der Waals surface area contributed by atoms with Gasteiger partial charge in [-0.1, -0.05) is 23.6 Å². The summed E-state index contributed by atoms with van der Waals surface area (Å²) in [7, 11) is -2.09. The molecule has 0 spiro atoms. The van der Waals surface area contributed by atoms with E-state index in [1.54, 1.807) is 24.3 Å². The predicted molar refractivity (Wildman–Crippen MR) is 105 cm³/mol. The van der Waals surface area contributed by atoms with E-state index < -0.39 is 21.7 Å². The largest absolute Gasteiger partial charge is 0.358 e. The van der Waals surface area contributed by atoms with E-state index in [0.29, 0.717) is 11.3 Å². The molecule has 0 bridgehead atoms. The Balaban J connectivity index is 2.57. The number of hydrogen-bond donors (Lipinski definition) is 1. The van der Waals surface area contributed by atoms with Crippen molar-refractivity contribution in [2.24, 2.45) is 0 Å². The highest BCUT2D eigenvalue weighted by Gasteiger charge is 2.24. The molecule has 0 fully saturated rings. The molecular weight excluding hydrogens is 388 g/mol. The van der Waals surface area contributed by atoms with Gasteiger partial charge < -0.3 is 5.32 Å². The second-order valence-electron chi connectivity index (χ2n) is 5.67. The van der Waals surface area contributed by atoms with Gasteiger partial charge >= 0.3 is 0 Å². The molecule has 2 amide bonds. The maximum absolute atomic E-state index is 13.1. The molecule has 2 aromatic carbocycles. The number of carbonyl (C=O) groups is 2. The summed E-state index contributed by atoms with van der Waals surface area (Å²) >= 11 is 6.13. The van der Waals surface area contributed by atoms with Crippen LogP contribution in [-0.2, 0) is 14.6 Å². The van der Waals surface area contributed by atoms with Crippen LogP contribution in [0.1, 0.15) is 15.9 Å². The summed E-state index contributed by atoms with van der Waals surface area (Å²) in [6, 6.07) is 10.4. The minimum absolute atomic E-state index is 0.0328. The van der Waals surface area contributed by atoms with Gasteiger partial charge in [-0.05, 0) is 36.4 Å². The Morgan fingerprint density at radius 3 is 2.52 bits per heavy atom. The Morgan fingerprint density at radius 2 is 1.93 bits per heavy atom. The van der Waals surface area contributed by atoms with E-state index in [1.165, 1.54) is 30.1 Å². The van der Waals surface area contributed by atoms with Gasteiger partial charge in [0.25, 0.3) is 5.91 Å². The Labute approximate surface area is 163 Å². The molecule has 0 heterocycles. The topological polar surface area (TPSA) is 83.6 Å². The maximum atomic E-state index is 13.1. The standard InChI is InChI=1S/C19H17ClN2O4S/c1-4-13-6-5-7-14(10-13)22(12-18(23)21-2)19(24)16-11-15(27(3,25)26)8-9-17(16)20/h1,5-11H,12H2,2-3H3,(H,21,23). The van der Waals surface area contributed by atoms with Crippen molar-refractivity contribution in [2.45, 2.75) is 4.90 Å². The Bertz CT molecular complexity index is 1040. The number of benzene rings is 2. The van der Waals surface area contributed by atoms with E-state index >= 15 is 0 Å². The fourth-order valence-electron chi connectivity index (χ4n) is 2.31. The first-order chi connectivity index (χ1) is 12.7.